The lowest BCUT2D eigenvalue weighted by Gasteiger charge is -2.26. The van der Waals surface area contributed by atoms with Crippen LogP contribution in [-0.2, 0) is 22.6 Å². The fraction of sp³-hybridized carbons (Fsp3) is 0.167. The third-order valence-electron chi connectivity index (χ3n) is 5.80. The number of barbiturate groups is 1. The molecule has 1 saturated heterocycles. The lowest BCUT2D eigenvalue weighted by atomic mass is 10.0. The van der Waals surface area contributed by atoms with Crippen molar-refractivity contribution < 1.29 is 23.9 Å². The maximum atomic E-state index is 13.3. The van der Waals surface area contributed by atoms with Gasteiger partial charge in [0.2, 0.25) is 0 Å². The number of imide groups is 2. The number of allylic oxidation sites excluding steroid dienone is 1. The SMILES string of the molecule is C=CCc1cc(/C=C2\C(=O)NC(=O)N(c3cccc(Cl)c3)C2=O)cc(OCC)c1OCc1ccc(C)cc1. The van der Waals surface area contributed by atoms with Crippen molar-refractivity contribution in [1.29, 1.82) is 0 Å². The van der Waals surface area contributed by atoms with Crippen molar-refractivity contribution in [2.45, 2.75) is 26.9 Å². The summed E-state index contributed by atoms with van der Waals surface area (Å²) < 4.78 is 12.1. The highest BCUT2D eigenvalue weighted by molar-refractivity contribution is 6.39. The normalized spacial score (nSPS) is 14.4. The number of nitrogens with zero attached hydrogens (tertiary/aromatic N) is 1. The van der Waals surface area contributed by atoms with E-state index in [2.05, 4.69) is 11.9 Å². The van der Waals surface area contributed by atoms with Crippen molar-refractivity contribution >= 4 is 41.2 Å². The molecule has 38 heavy (non-hydrogen) atoms. The summed E-state index contributed by atoms with van der Waals surface area (Å²) in [6.45, 7) is 8.44. The first-order valence-corrected chi connectivity index (χ1v) is 12.4. The maximum absolute atomic E-state index is 13.3. The number of rotatable bonds is 9. The first-order valence-electron chi connectivity index (χ1n) is 12.1. The molecule has 0 aliphatic carbocycles. The van der Waals surface area contributed by atoms with Gasteiger partial charge in [-0.25, -0.2) is 9.69 Å². The Balaban J connectivity index is 1.71. The van der Waals surface area contributed by atoms with Gasteiger partial charge >= 0.3 is 6.03 Å². The molecule has 0 spiro atoms. The van der Waals surface area contributed by atoms with E-state index in [9.17, 15) is 14.4 Å². The van der Waals surface area contributed by atoms with Crippen molar-refractivity contribution in [1.82, 2.24) is 5.32 Å². The number of hydrogen-bond acceptors (Lipinski definition) is 5. The van der Waals surface area contributed by atoms with Gasteiger partial charge in [-0.15, -0.1) is 6.58 Å². The third-order valence-corrected chi connectivity index (χ3v) is 6.04. The number of ether oxygens (including phenoxy) is 2. The smallest absolute Gasteiger partial charge is 0.335 e. The zero-order valence-electron chi connectivity index (χ0n) is 21.1. The molecular formula is C30H27ClN2O5. The van der Waals surface area contributed by atoms with E-state index >= 15 is 0 Å². The highest BCUT2D eigenvalue weighted by Gasteiger charge is 2.37. The van der Waals surface area contributed by atoms with Gasteiger partial charge < -0.3 is 9.47 Å². The number of amides is 4. The number of anilines is 1. The Hall–Kier alpha value is -4.36. The Bertz CT molecular complexity index is 1430. The van der Waals surface area contributed by atoms with Crippen LogP contribution in [0.25, 0.3) is 6.08 Å². The van der Waals surface area contributed by atoms with Gasteiger partial charge in [0.1, 0.15) is 12.2 Å². The zero-order chi connectivity index (χ0) is 27.2. The Morgan fingerprint density at radius 3 is 2.47 bits per heavy atom. The summed E-state index contributed by atoms with van der Waals surface area (Å²) in [4.78, 5) is 39.4. The molecule has 0 atom stereocenters. The second-order valence-electron chi connectivity index (χ2n) is 8.65. The number of carbonyl (C=O) groups is 3. The van der Waals surface area contributed by atoms with E-state index in [-0.39, 0.29) is 11.3 Å². The lowest BCUT2D eigenvalue weighted by molar-refractivity contribution is -0.122. The summed E-state index contributed by atoms with van der Waals surface area (Å²) in [6.07, 6.45) is 3.63. The molecule has 0 aromatic heterocycles. The Labute approximate surface area is 226 Å². The highest BCUT2D eigenvalue weighted by Crippen LogP contribution is 2.36. The van der Waals surface area contributed by atoms with Crippen molar-refractivity contribution in [3.8, 4) is 11.5 Å². The second kappa shape index (κ2) is 11.8. The van der Waals surface area contributed by atoms with Gasteiger partial charge in [0.05, 0.1) is 12.3 Å². The summed E-state index contributed by atoms with van der Waals surface area (Å²) in [5.41, 5.74) is 3.52. The summed E-state index contributed by atoms with van der Waals surface area (Å²) in [7, 11) is 0. The minimum absolute atomic E-state index is 0.204. The van der Waals surface area contributed by atoms with Crippen LogP contribution in [0.5, 0.6) is 11.5 Å². The maximum Gasteiger partial charge on any atom is 0.335 e. The largest absolute Gasteiger partial charge is 0.490 e. The monoisotopic (exact) mass is 530 g/mol. The quantitative estimate of drug-likeness (QED) is 0.208. The molecule has 1 aliphatic rings. The molecule has 1 fully saturated rings. The van der Waals surface area contributed by atoms with E-state index in [0.717, 1.165) is 21.6 Å². The molecule has 0 radical (unpaired) electrons. The summed E-state index contributed by atoms with van der Waals surface area (Å²) >= 11 is 6.05. The number of aryl methyl sites for hydroxylation is 1. The number of halogens is 1. The number of urea groups is 1. The molecule has 3 aromatic carbocycles. The van der Waals surface area contributed by atoms with Crippen LogP contribution in [0.1, 0.15) is 29.2 Å². The fourth-order valence-corrected chi connectivity index (χ4v) is 4.20. The standard InChI is InChI=1S/C30H27ClN2O5/c1-4-7-22-14-21(16-26(37-5-2)27(22)38-18-20-12-10-19(3)11-13-20)15-25-28(34)32-30(36)33(29(25)35)24-9-6-8-23(31)17-24/h4,6,8-17H,1,5,7,18H2,2-3H3,(H,32,34,36)/b25-15+. The summed E-state index contributed by atoms with van der Waals surface area (Å²) in [5.74, 6) is -0.521. The molecule has 194 valence electrons. The first kappa shape index (κ1) is 26.7. The molecule has 0 unspecified atom stereocenters. The van der Waals surface area contributed by atoms with Crippen LogP contribution in [0.4, 0.5) is 10.5 Å². The molecule has 4 amide bonds. The highest BCUT2D eigenvalue weighted by atomic mass is 35.5. The first-order chi connectivity index (χ1) is 18.3. The molecule has 0 saturated carbocycles. The topological polar surface area (TPSA) is 84.9 Å². The van der Waals surface area contributed by atoms with E-state index in [0.29, 0.717) is 41.7 Å². The van der Waals surface area contributed by atoms with Gasteiger partial charge in [0.15, 0.2) is 11.5 Å². The van der Waals surface area contributed by atoms with Crippen molar-refractivity contribution in [3.63, 3.8) is 0 Å². The molecule has 4 rings (SSSR count). The van der Waals surface area contributed by atoms with Crippen LogP contribution in [0.2, 0.25) is 5.02 Å². The van der Waals surface area contributed by atoms with Gasteiger partial charge in [-0.05, 0) is 67.8 Å². The minimum Gasteiger partial charge on any atom is -0.490 e. The molecule has 8 heteroatoms. The van der Waals surface area contributed by atoms with Crippen LogP contribution in [0.3, 0.4) is 0 Å². The van der Waals surface area contributed by atoms with Crippen LogP contribution in [-0.4, -0.2) is 24.5 Å². The van der Waals surface area contributed by atoms with E-state index in [1.165, 1.54) is 12.1 Å². The lowest BCUT2D eigenvalue weighted by Crippen LogP contribution is -2.54. The van der Waals surface area contributed by atoms with Crippen LogP contribution in [0.15, 0.2) is 78.9 Å². The fourth-order valence-electron chi connectivity index (χ4n) is 4.01. The van der Waals surface area contributed by atoms with Gasteiger partial charge in [-0.2, -0.15) is 0 Å². The molecule has 0 bridgehead atoms. The Kier molecular flexibility index (Phi) is 8.28. The number of nitrogens with one attached hydrogen (secondary N) is 1. The van der Waals surface area contributed by atoms with Gasteiger partial charge in [0, 0.05) is 10.6 Å². The molecule has 1 aliphatic heterocycles. The molecule has 7 nitrogen and oxygen atoms in total. The number of hydrogen-bond donors (Lipinski definition) is 1. The van der Waals surface area contributed by atoms with Gasteiger partial charge in [0.25, 0.3) is 11.8 Å². The predicted molar refractivity (Wildman–Crippen MR) is 147 cm³/mol. The average molecular weight is 531 g/mol. The average Bonchev–Trinajstić information content (AvgIpc) is 2.87. The summed E-state index contributed by atoms with van der Waals surface area (Å²) in [6, 6.07) is 17.0. The Morgan fingerprint density at radius 1 is 1.03 bits per heavy atom. The van der Waals surface area contributed by atoms with Crippen LogP contribution < -0.4 is 19.7 Å². The Morgan fingerprint density at radius 2 is 1.79 bits per heavy atom. The van der Waals surface area contributed by atoms with Gasteiger partial charge in [-0.1, -0.05) is 53.6 Å². The van der Waals surface area contributed by atoms with E-state index in [4.69, 9.17) is 21.1 Å². The van der Waals surface area contributed by atoms with Crippen molar-refractivity contribution in [3.05, 3.63) is 106 Å². The van der Waals surface area contributed by atoms with E-state index in [1.807, 2.05) is 44.2 Å². The molecule has 1 heterocycles. The minimum atomic E-state index is -0.846. The number of carbonyl (C=O) groups excluding carboxylic acids is 3. The third kappa shape index (κ3) is 5.95. The molecule has 1 N–H and O–H groups in total. The second-order valence-corrected chi connectivity index (χ2v) is 9.08. The van der Waals surface area contributed by atoms with E-state index < -0.39 is 17.8 Å². The van der Waals surface area contributed by atoms with Crippen LogP contribution >= 0.6 is 11.6 Å². The van der Waals surface area contributed by atoms with Gasteiger partial charge in [-0.3, -0.25) is 14.9 Å². The van der Waals surface area contributed by atoms with Crippen molar-refractivity contribution in [2.24, 2.45) is 0 Å². The summed E-state index contributed by atoms with van der Waals surface area (Å²) in [5, 5.41) is 2.57. The van der Waals surface area contributed by atoms with Crippen LogP contribution in [0, 0.1) is 6.92 Å². The molecular weight excluding hydrogens is 504 g/mol. The molecule has 3 aromatic rings. The van der Waals surface area contributed by atoms with E-state index in [1.54, 1.807) is 30.3 Å². The zero-order valence-corrected chi connectivity index (χ0v) is 21.9. The van der Waals surface area contributed by atoms with Crippen molar-refractivity contribution in [2.75, 3.05) is 11.5 Å². The number of benzene rings is 3. The predicted octanol–water partition coefficient (Wildman–Crippen LogP) is 6.02.